The monoisotopic (exact) mass is 336 g/mol. The zero-order chi connectivity index (χ0) is 14.5. The standard InChI is InChI=1S/C13H13BrN4O2/c1-8-10(13(20)18-16-8)6-12(19)17-15-7-9-4-2-3-5-11(9)14/h2-5,7,10H,6H2,1H3,(H,17,19)(H,18,20)/b15-7-/t10-/m0/s1. The second kappa shape index (κ2) is 6.42. The molecule has 0 fully saturated rings. The summed E-state index contributed by atoms with van der Waals surface area (Å²) in [6.07, 6.45) is 1.58. The summed E-state index contributed by atoms with van der Waals surface area (Å²) in [7, 11) is 0. The molecule has 20 heavy (non-hydrogen) atoms. The van der Waals surface area contributed by atoms with Crippen LogP contribution in [0.4, 0.5) is 0 Å². The SMILES string of the molecule is CC1=NNC(=O)[C@H]1CC(=O)N/N=C\c1ccccc1Br. The summed E-state index contributed by atoms with van der Waals surface area (Å²) >= 11 is 3.38. The van der Waals surface area contributed by atoms with E-state index in [1.54, 1.807) is 6.92 Å². The fourth-order valence-corrected chi connectivity index (χ4v) is 2.10. The number of benzene rings is 1. The van der Waals surface area contributed by atoms with Gasteiger partial charge in [0.2, 0.25) is 11.8 Å². The molecule has 2 amide bonds. The Morgan fingerprint density at radius 1 is 1.55 bits per heavy atom. The summed E-state index contributed by atoms with van der Waals surface area (Å²) in [5.41, 5.74) is 6.20. The number of carbonyl (C=O) groups excluding carboxylic acids is 2. The molecule has 6 nitrogen and oxygen atoms in total. The summed E-state index contributed by atoms with van der Waals surface area (Å²) in [6.45, 7) is 1.71. The van der Waals surface area contributed by atoms with Gasteiger partial charge in [0.05, 0.1) is 12.1 Å². The molecule has 1 heterocycles. The maximum atomic E-state index is 11.7. The third-order valence-electron chi connectivity index (χ3n) is 2.85. The minimum Gasteiger partial charge on any atom is -0.273 e. The van der Waals surface area contributed by atoms with Gasteiger partial charge in [0, 0.05) is 22.2 Å². The van der Waals surface area contributed by atoms with Gasteiger partial charge >= 0.3 is 0 Å². The van der Waals surface area contributed by atoms with E-state index < -0.39 is 5.92 Å². The fraction of sp³-hybridized carbons (Fsp3) is 0.231. The van der Waals surface area contributed by atoms with Gasteiger partial charge in [-0.1, -0.05) is 34.1 Å². The summed E-state index contributed by atoms with van der Waals surface area (Å²) < 4.78 is 0.885. The first-order valence-corrected chi connectivity index (χ1v) is 6.77. The Labute approximate surface area is 124 Å². The highest BCUT2D eigenvalue weighted by atomic mass is 79.9. The van der Waals surface area contributed by atoms with Gasteiger partial charge in [-0.15, -0.1) is 0 Å². The van der Waals surface area contributed by atoms with Crippen LogP contribution < -0.4 is 10.9 Å². The number of hydrogen-bond acceptors (Lipinski definition) is 4. The second-order valence-corrected chi connectivity index (χ2v) is 5.15. The Kier molecular flexibility index (Phi) is 4.62. The van der Waals surface area contributed by atoms with E-state index >= 15 is 0 Å². The van der Waals surface area contributed by atoms with Crippen molar-refractivity contribution in [2.24, 2.45) is 16.1 Å². The van der Waals surface area contributed by atoms with E-state index in [9.17, 15) is 9.59 Å². The van der Waals surface area contributed by atoms with Crippen molar-refractivity contribution in [2.45, 2.75) is 13.3 Å². The lowest BCUT2D eigenvalue weighted by Gasteiger charge is -2.05. The Hall–Kier alpha value is -2.02. The van der Waals surface area contributed by atoms with E-state index in [4.69, 9.17) is 0 Å². The van der Waals surface area contributed by atoms with Crippen molar-refractivity contribution < 1.29 is 9.59 Å². The quantitative estimate of drug-likeness (QED) is 0.643. The molecule has 1 aromatic rings. The van der Waals surface area contributed by atoms with Crippen LogP contribution in [0, 0.1) is 5.92 Å². The van der Waals surface area contributed by atoms with E-state index in [1.807, 2.05) is 24.3 Å². The van der Waals surface area contributed by atoms with E-state index in [2.05, 4.69) is 37.0 Å². The second-order valence-electron chi connectivity index (χ2n) is 4.30. The molecule has 0 saturated heterocycles. The lowest BCUT2D eigenvalue weighted by Crippen LogP contribution is -2.29. The highest BCUT2D eigenvalue weighted by Crippen LogP contribution is 2.13. The van der Waals surface area contributed by atoms with Crippen LogP contribution in [-0.4, -0.2) is 23.7 Å². The number of hydrazone groups is 2. The Bertz CT molecular complexity index is 598. The fourth-order valence-electron chi connectivity index (χ4n) is 1.71. The molecule has 0 spiro atoms. The van der Waals surface area contributed by atoms with Crippen molar-refractivity contribution in [1.82, 2.24) is 10.9 Å². The third-order valence-corrected chi connectivity index (χ3v) is 3.57. The molecule has 2 N–H and O–H groups in total. The number of hydrogen-bond donors (Lipinski definition) is 2. The normalized spacial score (nSPS) is 18.0. The molecule has 1 atom stereocenters. The van der Waals surface area contributed by atoms with Gasteiger partial charge in [0.15, 0.2) is 0 Å². The number of nitrogens with zero attached hydrogens (tertiary/aromatic N) is 2. The smallest absolute Gasteiger partial charge is 0.249 e. The molecule has 1 aromatic carbocycles. The molecule has 0 aromatic heterocycles. The molecule has 2 rings (SSSR count). The van der Waals surface area contributed by atoms with Crippen LogP contribution >= 0.6 is 15.9 Å². The molecule has 0 radical (unpaired) electrons. The van der Waals surface area contributed by atoms with Crippen molar-refractivity contribution >= 4 is 39.7 Å². The molecule has 0 unspecified atom stereocenters. The molecular formula is C13H13BrN4O2. The van der Waals surface area contributed by atoms with Crippen LogP contribution in [0.15, 0.2) is 38.9 Å². The Morgan fingerprint density at radius 2 is 2.30 bits per heavy atom. The highest BCUT2D eigenvalue weighted by Gasteiger charge is 2.28. The van der Waals surface area contributed by atoms with E-state index in [1.165, 1.54) is 6.21 Å². The van der Waals surface area contributed by atoms with Gasteiger partial charge in [-0.2, -0.15) is 10.2 Å². The number of rotatable bonds is 4. The van der Waals surface area contributed by atoms with E-state index in [-0.39, 0.29) is 18.2 Å². The van der Waals surface area contributed by atoms with Crippen molar-refractivity contribution in [3.05, 3.63) is 34.3 Å². The minimum absolute atomic E-state index is 0.0362. The van der Waals surface area contributed by atoms with Crippen molar-refractivity contribution in [2.75, 3.05) is 0 Å². The third kappa shape index (κ3) is 3.51. The van der Waals surface area contributed by atoms with Crippen LogP contribution in [0.3, 0.4) is 0 Å². The summed E-state index contributed by atoms with van der Waals surface area (Å²) in [6, 6.07) is 7.50. The molecule has 0 bridgehead atoms. The topological polar surface area (TPSA) is 82.9 Å². The number of halogens is 1. The Balaban J connectivity index is 1.88. The van der Waals surface area contributed by atoms with Crippen LogP contribution in [0.1, 0.15) is 18.9 Å². The zero-order valence-electron chi connectivity index (χ0n) is 10.8. The lowest BCUT2D eigenvalue weighted by molar-refractivity contribution is -0.127. The molecule has 7 heteroatoms. The molecule has 1 aliphatic rings. The number of carbonyl (C=O) groups is 2. The van der Waals surface area contributed by atoms with Crippen molar-refractivity contribution in [3.8, 4) is 0 Å². The van der Waals surface area contributed by atoms with Crippen molar-refractivity contribution in [1.29, 1.82) is 0 Å². The zero-order valence-corrected chi connectivity index (χ0v) is 12.3. The first-order valence-electron chi connectivity index (χ1n) is 5.98. The minimum atomic E-state index is -0.506. The average Bonchev–Trinajstić information content (AvgIpc) is 2.73. The number of nitrogens with one attached hydrogen (secondary N) is 2. The molecule has 0 aliphatic carbocycles. The molecular weight excluding hydrogens is 324 g/mol. The summed E-state index contributed by atoms with van der Waals surface area (Å²) in [5, 5.41) is 7.65. The van der Waals surface area contributed by atoms with Gasteiger partial charge in [0.25, 0.3) is 0 Å². The van der Waals surface area contributed by atoms with E-state index in [0.29, 0.717) is 5.71 Å². The van der Waals surface area contributed by atoms with E-state index in [0.717, 1.165) is 10.0 Å². The average molecular weight is 337 g/mol. The largest absolute Gasteiger partial charge is 0.273 e. The van der Waals surface area contributed by atoms with Gasteiger partial charge in [-0.25, -0.2) is 10.9 Å². The van der Waals surface area contributed by atoms with Crippen LogP contribution in [0.2, 0.25) is 0 Å². The maximum absolute atomic E-state index is 11.7. The van der Waals surface area contributed by atoms with Gasteiger partial charge < -0.3 is 0 Å². The molecule has 0 saturated carbocycles. The lowest BCUT2D eigenvalue weighted by atomic mass is 10.0. The van der Waals surface area contributed by atoms with Gasteiger partial charge in [-0.3, -0.25) is 9.59 Å². The Morgan fingerprint density at radius 3 is 2.95 bits per heavy atom. The summed E-state index contributed by atoms with van der Waals surface area (Å²) in [4.78, 5) is 23.1. The highest BCUT2D eigenvalue weighted by molar-refractivity contribution is 9.10. The molecule has 104 valence electrons. The van der Waals surface area contributed by atoms with Crippen LogP contribution in [0.25, 0.3) is 0 Å². The van der Waals surface area contributed by atoms with Crippen molar-refractivity contribution in [3.63, 3.8) is 0 Å². The summed E-state index contributed by atoms with van der Waals surface area (Å²) in [5.74, 6) is -1.09. The predicted octanol–water partition coefficient (Wildman–Crippen LogP) is 1.41. The number of amides is 2. The predicted molar refractivity (Wildman–Crippen MR) is 79.2 cm³/mol. The molecule has 1 aliphatic heterocycles. The van der Waals surface area contributed by atoms with Crippen LogP contribution in [0.5, 0.6) is 0 Å². The maximum Gasteiger partial charge on any atom is 0.249 e. The van der Waals surface area contributed by atoms with Gasteiger partial charge in [0.1, 0.15) is 0 Å². The first kappa shape index (κ1) is 14.4. The van der Waals surface area contributed by atoms with Gasteiger partial charge in [-0.05, 0) is 13.0 Å². The first-order chi connectivity index (χ1) is 9.58. The van der Waals surface area contributed by atoms with Crippen LogP contribution in [-0.2, 0) is 9.59 Å².